The van der Waals surface area contributed by atoms with E-state index in [9.17, 15) is 4.79 Å². The molecular weight excluding hydrogens is 322 g/mol. The van der Waals surface area contributed by atoms with Crippen LogP contribution in [0.1, 0.15) is 21.7 Å². The first-order valence-electron chi connectivity index (χ1n) is 5.95. The van der Waals surface area contributed by atoms with Crippen LogP contribution < -0.4 is 0 Å². The number of fused-ring (bicyclic) bond motifs is 1. The number of benzene rings is 1. The number of aromatic nitrogens is 3. The van der Waals surface area contributed by atoms with Gasteiger partial charge in [-0.3, -0.25) is 0 Å². The molecule has 2 N–H and O–H groups in total. The zero-order valence-corrected chi connectivity index (χ0v) is 11.9. The first-order valence-corrected chi connectivity index (χ1v) is 6.74. The van der Waals surface area contributed by atoms with Gasteiger partial charge in [0.1, 0.15) is 5.82 Å². The molecule has 1 aromatic carbocycles. The number of carboxylic acid groups (broad SMARTS) is 1. The van der Waals surface area contributed by atoms with E-state index in [1.54, 1.807) is 0 Å². The third-order valence-corrected chi connectivity index (χ3v) is 3.49. The maximum absolute atomic E-state index is 11.1. The van der Waals surface area contributed by atoms with Gasteiger partial charge in [0.05, 0.1) is 11.1 Å². The zero-order valence-electron chi connectivity index (χ0n) is 10.3. The number of nitrogens with one attached hydrogen (secondary N) is 1. The van der Waals surface area contributed by atoms with Gasteiger partial charge in [0.15, 0.2) is 5.65 Å². The van der Waals surface area contributed by atoms with Crippen molar-refractivity contribution in [3.8, 4) is 0 Å². The van der Waals surface area contributed by atoms with E-state index in [-0.39, 0.29) is 5.56 Å². The molecule has 3 rings (SSSR count). The summed E-state index contributed by atoms with van der Waals surface area (Å²) in [6.07, 6.45) is 2.05. The number of halogens is 1. The molecule has 0 fully saturated rings. The van der Waals surface area contributed by atoms with Crippen molar-refractivity contribution in [2.24, 2.45) is 0 Å². The molecule has 0 aliphatic carbocycles. The Labute approximate surface area is 122 Å². The van der Waals surface area contributed by atoms with E-state index < -0.39 is 5.97 Å². The molecule has 0 radical (unpaired) electrons. The largest absolute Gasteiger partial charge is 0.478 e. The standard InChI is InChI=1S/C14H10BrN3O2/c15-9-3-1-8(2-4-9)7-11-17-12-10(14(19)20)5-6-16-13(12)18-11/h1-6H,7H2,(H,19,20)(H,16,17,18). The number of pyridine rings is 1. The maximum Gasteiger partial charge on any atom is 0.338 e. The highest BCUT2D eigenvalue weighted by Gasteiger charge is 2.13. The average Bonchev–Trinajstić information content (AvgIpc) is 2.83. The first kappa shape index (κ1) is 12.8. The summed E-state index contributed by atoms with van der Waals surface area (Å²) in [5.74, 6) is -0.292. The summed E-state index contributed by atoms with van der Waals surface area (Å²) in [7, 11) is 0. The van der Waals surface area contributed by atoms with Crippen molar-refractivity contribution in [1.29, 1.82) is 0 Å². The number of H-pyrrole nitrogens is 1. The Morgan fingerprint density at radius 2 is 2.00 bits per heavy atom. The molecule has 2 aromatic heterocycles. The van der Waals surface area contributed by atoms with Crippen LogP contribution in [0, 0.1) is 0 Å². The van der Waals surface area contributed by atoms with E-state index in [1.165, 1.54) is 12.3 Å². The molecule has 6 heteroatoms. The topological polar surface area (TPSA) is 78.9 Å². The Bertz CT molecular complexity index is 781. The molecule has 0 unspecified atom stereocenters. The number of aromatic amines is 1. The lowest BCUT2D eigenvalue weighted by Crippen LogP contribution is -1.97. The van der Waals surface area contributed by atoms with Gasteiger partial charge in [-0.15, -0.1) is 0 Å². The molecule has 0 amide bonds. The Kier molecular flexibility index (Phi) is 3.23. The summed E-state index contributed by atoms with van der Waals surface area (Å²) >= 11 is 3.39. The summed E-state index contributed by atoms with van der Waals surface area (Å²) < 4.78 is 1.01. The van der Waals surface area contributed by atoms with E-state index in [0.29, 0.717) is 23.4 Å². The highest BCUT2D eigenvalue weighted by atomic mass is 79.9. The van der Waals surface area contributed by atoms with Crippen LogP contribution in [0.25, 0.3) is 11.2 Å². The van der Waals surface area contributed by atoms with Crippen LogP contribution in [0.4, 0.5) is 0 Å². The lowest BCUT2D eigenvalue weighted by molar-refractivity contribution is 0.0698. The quantitative estimate of drug-likeness (QED) is 0.773. The van der Waals surface area contributed by atoms with Gasteiger partial charge in [0.25, 0.3) is 0 Å². The van der Waals surface area contributed by atoms with Crippen molar-refractivity contribution in [3.05, 3.63) is 58.0 Å². The Morgan fingerprint density at radius 3 is 2.70 bits per heavy atom. The maximum atomic E-state index is 11.1. The minimum absolute atomic E-state index is 0.185. The van der Waals surface area contributed by atoms with E-state index in [1.807, 2.05) is 24.3 Å². The van der Waals surface area contributed by atoms with Crippen LogP contribution in [-0.2, 0) is 6.42 Å². The van der Waals surface area contributed by atoms with E-state index in [0.717, 1.165) is 10.0 Å². The number of hydrogen-bond donors (Lipinski definition) is 2. The van der Waals surface area contributed by atoms with Crippen LogP contribution >= 0.6 is 15.9 Å². The molecule has 0 aliphatic heterocycles. The van der Waals surface area contributed by atoms with Crippen molar-refractivity contribution < 1.29 is 9.90 Å². The van der Waals surface area contributed by atoms with Crippen molar-refractivity contribution in [1.82, 2.24) is 15.0 Å². The van der Waals surface area contributed by atoms with Gasteiger partial charge in [-0.05, 0) is 23.8 Å². The smallest absolute Gasteiger partial charge is 0.338 e. The normalized spacial score (nSPS) is 10.8. The minimum atomic E-state index is -0.990. The third-order valence-electron chi connectivity index (χ3n) is 2.96. The van der Waals surface area contributed by atoms with Crippen LogP contribution in [0.5, 0.6) is 0 Å². The third kappa shape index (κ3) is 2.42. The fraction of sp³-hybridized carbons (Fsp3) is 0.0714. The number of carbonyl (C=O) groups is 1. The zero-order chi connectivity index (χ0) is 14.1. The molecule has 2 heterocycles. The summed E-state index contributed by atoms with van der Waals surface area (Å²) in [6.45, 7) is 0. The van der Waals surface area contributed by atoms with Crippen LogP contribution in [0.2, 0.25) is 0 Å². The van der Waals surface area contributed by atoms with Gasteiger partial charge in [-0.25, -0.2) is 14.8 Å². The molecule has 3 aromatic rings. The monoisotopic (exact) mass is 331 g/mol. The van der Waals surface area contributed by atoms with Crippen LogP contribution in [0.15, 0.2) is 41.0 Å². The Hall–Kier alpha value is -2.21. The van der Waals surface area contributed by atoms with Gasteiger partial charge in [-0.1, -0.05) is 28.1 Å². The summed E-state index contributed by atoms with van der Waals surface area (Å²) in [6, 6.07) is 9.36. The number of hydrogen-bond acceptors (Lipinski definition) is 3. The van der Waals surface area contributed by atoms with Crippen molar-refractivity contribution in [2.45, 2.75) is 6.42 Å². The van der Waals surface area contributed by atoms with Gasteiger partial charge >= 0.3 is 5.97 Å². The molecule has 20 heavy (non-hydrogen) atoms. The molecule has 100 valence electrons. The molecule has 0 saturated heterocycles. The summed E-state index contributed by atoms with van der Waals surface area (Å²) in [5.41, 5.74) is 2.16. The van der Waals surface area contributed by atoms with Crippen LogP contribution in [-0.4, -0.2) is 26.0 Å². The van der Waals surface area contributed by atoms with Crippen molar-refractivity contribution >= 4 is 33.1 Å². The number of nitrogens with zero attached hydrogens (tertiary/aromatic N) is 2. The van der Waals surface area contributed by atoms with E-state index >= 15 is 0 Å². The van der Waals surface area contributed by atoms with Gasteiger partial charge in [0.2, 0.25) is 0 Å². The SMILES string of the molecule is O=C(O)c1ccnc2nc(Cc3ccc(Br)cc3)[nH]c12. The number of rotatable bonds is 3. The van der Waals surface area contributed by atoms with Crippen molar-refractivity contribution in [3.63, 3.8) is 0 Å². The Balaban J connectivity index is 1.99. The second-order valence-electron chi connectivity index (χ2n) is 4.35. The summed E-state index contributed by atoms with van der Waals surface area (Å²) in [5, 5.41) is 9.13. The molecule has 0 aliphatic rings. The second kappa shape index (κ2) is 5.05. The molecule has 0 bridgehead atoms. The van der Waals surface area contributed by atoms with Crippen LogP contribution in [0.3, 0.4) is 0 Å². The fourth-order valence-corrected chi connectivity index (χ4v) is 2.28. The van der Waals surface area contributed by atoms with E-state index in [4.69, 9.17) is 5.11 Å². The molecular formula is C14H10BrN3O2. The molecule has 0 spiro atoms. The summed E-state index contributed by atoms with van der Waals surface area (Å²) in [4.78, 5) is 22.6. The molecule has 0 atom stereocenters. The predicted molar refractivity (Wildman–Crippen MR) is 77.8 cm³/mol. The van der Waals surface area contributed by atoms with Gasteiger partial charge < -0.3 is 10.1 Å². The van der Waals surface area contributed by atoms with Gasteiger partial charge in [-0.2, -0.15) is 0 Å². The number of aromatic carboxylic acids is 1. The van der Waals surface area contributed by atoms with Gasteiger partial charge in [0, 0.05) is 17.1 Å². The first-order chi connectivity index (χ1) is 9.63. The Morgan fingerprint density at radius 1 is 1.25 bits per heavy atom. The predicted octanol–water partition coefficient (Wildman–Crippen LogP) is 3.01. The molecule has 5 nitrogen and oxygen atoms in total. The highest BCUT2D eigenvalue weighted by molar-refractivity contribution is 9.10. The second-order valence-corrected chi connectivity index (χ2v) is 5.26. The van der Waals surface area contributed by atoms with Crippen molar-refractivity contribution in [2.75, 3.05) is 0 Å². The fourth-order valence-electron chi connectivity index (χ4n) is 2.02. The highest BCUT2D eigenvalue weighted by Crippen LogP contribution is 2.17. The minimum Gasteiger partial charge on any atom is -0.478 e. The lowest BCUT2D eigenvalue weighted by atomic mass is 10.1. The molecule has 0 saturated carbocycles. The number of imidazole rings is 1. The number of carboxylic acids is 1. The average molecular weight is 332 g/mol. The lowest BCUT2D eigenvalue weighted by Gasteiger charge is -1.98. The van der Waals surface area contributed by atoms with E-state index in [2.05, 4.69) is 30.9 Å².